The smallest absolute Gasteiger partial charge is 0.184 e. The molecule has 1 saturated heterocycles. The standard InChI is InChI=1S/C7H14O6/c1-12-6-5(10)4(9)3(2-8)13-7(6)11/h3-11H,2H2,1H3/t3?,4-,5+,6?,7?/m0/s1. The molecule has 6 nitrogen and oxygen atoms in total. The summed E-state index contributed by atoms with van der Waals surface area (Å²) in [5.74, 6) is 0. The van der Waals surface area contributed by atoms with Gasteiger partial charge in [-0.05, 0) is 0 Å². The van der Waals surface area contributed by atoms with Gasteiger partial charge in [0.25, 0.3) is 0 Å². The van der Waals surface area contributed by atoms with Gasteiger partial charge >= 0.3 is 0 Å². The third-order valence-electron chi connectivity index (χ3n) is 2.11. The van der Waals surface area contributed by atoms with Crippen LogP contribution in [0.1, 0.15) is 0 Å². The normalized spacial score (nSPS) is 46.4. The SMILES string of the molecule is COC1C(O)OC(CO)[C@H](O)[C@H]1O. The van der Waals surface area contributed by atoms with Gasteiger partial charge in [-0.3, -0.25) is 0 Å². The zero-order chi connectivity index (χ0) is 10.0. The summed E-state index contributed by atoms with van der Waals surface area (Å²) in [4.78, 5) is 0. The second-order valence-electron chi connectivity index (χ2n) is 2.93. The molecular weight excluding hydrogens is 180 g/mol. The molecule has 5 atom stereocenters. The number of ether oxygens (including phenoxy) is 2. The van der Waals surface area contributed by atoms with Crippen LogP contribution < -0.4 is 0 Å². The van der Waals surface area contributed by atoms with E-state index < -0.39 is 37.3 Å². The molecule has 0 amide bonds. The molecule has 1 rings (SSSR count). The fourth-order valence-electron chi connectivity index (χ4n) is 1.33. The lowest BCUT2D eigenvalue weighted by Crippen LogP contribution is -2.59. The minimum Gasteiger partial charge on any atom is -0.394 e. The molecule has 78 valence electrons. The summed E-state index contributed by atoms with van der Waals surface area (Å²) in [5, 5.41) is 36.7. The zero-order valence-electron chi connectivity index (χ0n) is 7.20. The van der Waals surface area contributed by atoms with E-state index in [1.54, 1.807) is 0 Å². The van der Waals surface area contributed by atoms with Gasteiger partial charge in [-0.2, -0.15) is 0 Å². The van der Waals surface area contributed by atoms with E-state index in [9.17, 15) is 15.3 Å². The van der Waals surface area contributed by atoms with Crippen molar-refractivity contribution in [1.82, 2.24) is 0 Å². The summed E-state index contributed by atoms with van der Waals surface area (Å²) in [6.07, 6.45) is -5.81. The summed E-state index contributed by atoms with van der Waals surface area (Å²) in [6.45, 7) is -0.467. The molecule has 1 fully saturated rings. The van der Waals surface area contributed by atoms with Crippen molar-refractivity contribution < 1.29 is 29.9 Å². The molecule has 3 unspecified atom stereocenters. The molecule has 0 aromatic carbocycles. The predicted molar refractivity (Wildman–Crippen MR) is 40.8 cm³/mol. The number of methoxy groups -OCH3 is 1. The molecule has 1 aliphatic rings. The van der Waals surface area contributed by atoms with E-state index >= 15 is 0 Å². The summed E-state index contributed by atoms with van der Waals surface area (Å²) in [6, 6.07) is 0. The number of aliphatic hydroxyl groups is 4. The molecule has 1 heterocycles. The van der Waals surface area contributed by atoms with Crippen molar-refractivity contribution in [3.63, 3.8) is 0 Å². The fourth-order valence-corrected chi connectivity index (χ4v) is 1.33. The molecular formula is C7H14O6. The average molecular weight is 194 g/mol. The Morgan fingerprint density at radius 1 is 1.23 bits per heavy atom. The number of hydrogen-bond acceptors (Lipinski definition) is 6. The molecule has 1 aliphatic heterocycles. The summed E-state index contributed by atoms with van der Waals surface area (Å²) < 4.78 is 9.50. The fraction of sp³-hybridized carbons (Fsp3) is 1.00. The van der Waals surface area contributed by atoms with Crippen molar-refractivity contribution in [2.24, 2.45) is 0 Å². The predicted octanol–water partition coefficient (Wildman–Crippen LogP) is -2.57. The maximum atomic E-state index is 9.38. The number of aliphatic hydroxyl groups excluding tert-OH is 4. The van der Waals surface area contributed by atoms with E-state index in [2.05, 4.69) is 0 Å². The quantitative estimate of drug-likeness (QED) is 0.386. The maximum absolute atomic E-state index is 9.38. The van der Waals surface area contributed by atoms with Crippen molar-refractivity contribution in [1.29, 1.82) is 0 Å². The van der Waals surface area contributed by atoms with Crippen LogP contribution in [0, 0.1) is 0 Å². The van der Waals surface area contributed by atoms with Crippen LogP contribution in [0.15, 0.2) is 0 Å². The first-order valence-electron chi connectivity index (χ1n) is 3.95. The van der Waals surface area contributed by atoms with Gasteiger partial charge in [-0.25, -0.2) is 0 Å². The van der Waals surface area contributed by atoms with Gasteiger partial charge in [-0.1, -0.05) is 0 Å². The summed E-state index contributed by atoms with van der Waals surface area (Å²) in [5.41, 5.74) is 0. The monoisotopic (exact) mass is 194 g/mol. The maximum Gasteiger partial charge on any atom is 0.184 e. The Balaban J connectivity index is 2.66. The van der Waals surface area contributed by atoms with Gasteiger partial charge in [0.15, 0.2) is 6.29 Å². The van der Waals surface area contributed by atoms with Gasteiger partial charge in [0.1, 0.15) is 24.4 Å². The largest absolute Gasteiger partial charge is 0.394 e. The van der Waals surface area contributed by atoms with Crippen molar-refractivity contribution in [3.8, 4) is 0 Å². The van der Waals surface area contributed by atoms with Gasteiger partial charge < -0.3 is 29.9 Å². The van der Waals surface area contributed by atoms with Crippen LogP contribution >= 0.6 is 0 Å². The Kier molecular flexibility index (Phi) is 3.60. The Morgan fingerprint density at radius 2 is 1.85 bits per heavy atom. The lowest BCUT2D eigenvalue weighted by Gasteiger charge is -2.39. The lowest BCUT2D eigenvalue weighted by atomic mass is 9.99. The molecule has 6 heteroatoms. The van der Waals surface area contributed by atoms with E-state index in [4.69, 9.17) is 14.6 Å². The summed E-state index contributed by atoms with van der Waals surface area (Å²) in [7, 11) is 1.28. The molecule has 13 heavy (non-hydrogen) atoms. The zero-order valence-corrected chi connectivity index (χ0v) is 7.20. The topological polar surface area (TPSA) is 99.4 Å². The molecule has 0 aromatic rings. The first kappa shape index (κ1) is 10.8. The Labute approximate surface area is 75.3 Å². The molecule has 0 spiro atoms. The molecule has 4 N–H and O–H groups in total. The van der Waals surface area contributed by atoms with Crippen LogP contribution in [0.3, 0.4) is 0 Å². The minimum absolute atomic E-state index is 0.467. The van der Waals surface area contributed by atoms with E-state index in [1.165, 1.54) is 7.11 Å². The van der Waals surface area contributed by atoms with Crippen molar-refractivity contribution >= 4 is 0 Å². The second kappa shape index (κ2) is 4.32. The van der Waals surface area contributed by atoms with Crippen molar-refractivity contribution in [2.75, 3.05) is 13.7 Å². The Bertz CT molecular complexity index is 163. The minimum atomic E-state index is -1.33. The summed E-state index contributed by atoms with van der Waals surface area (Å²) >= 11 is 0. The van der Waals surface area contributed by atoms with Gasteiger partial charge in [-0.15, -0.1) is 0 Å². The first-order valence-corrected chi connectivity index (χ1v) is 3.95. The van der Waals surface area contributed by atoms with E-state index in [1.807, 2.05) is 0 Å². The van der Waals surface area contributed by atoms with Gasteiger partial charge in [0, 0.05) is 7.11 Å². The highest BCUT2D eigenvalue weighted by Crippen LogP contribution is 2.21. The first-order chi connectivity index (χ1) is 6.11. The number of rotatable bonds is 2. The van der Waals surface area contributed by atoms with Crippen LogP contribution in [-0.2, 0) is 9.47 Å². The van der Waals surface area contributed by atoms with Crippen molar-refractivity contribution in [2.45, 2.75) is 30.7 Å². The molecule has 0 aromatic heterocycles. The van der Waals surface area contributed by atoms with Crippen LogP contribution in [0.4, 0.5) is 0 Å². The number of hydrogen-bond donors (Lipinski definition) is 4. The average Bonchev–Trinajstić information content (AvgIpc) is 2.12. The van der Waals surface area contributed by atoms with Crippen LogP contribution in [0.2, 0.25) is 0 Å². The highest BCUT2D eigenvalue weighted by molar-refractivity contribution is 4.88. The highest BCUT2D eigenvalue weighted by Gasteiger charge is 2.43. The molecule has 0 aliphatic carbocycles. The van der Waals surface area contributed by atoms with Gasteiger partial charge in [0.05, 0.1) is 6.61 Å². The van der Waals surface area contributed by atoms with E-state index in [0.717, 1.165) is 0 Å². The van der Waals surface area contributed by atoms with E-state index in [0.29, 0.717) is 0 Å². The third kappa shape index (κ3) is 1.98. The van der Waals surface area contributed by atoms with E-state index in [-0.39, 0.29) is 0 Å². The van der Waals surface area contributed by atoms with Crippen LogP contribution in [0.5, 0.6) is 0 Å². The van der Waals surface area contributed by atoms with Gasteiger partial charge in [0.2, 0.25) is 0 Å². The highest BCUT2D eigenvalue weighted by atomic mass is 16.7. The van der Waals surface area contributed by atoms with Crippen LogP contribution in [-0.4, -0.2) is 64.8 Å². The second-order valence-corrected chi connectivity index (χ2v) is 2.93. The Morgan fingerprint density at radius 3 is 2.31 bits per heavy atom. The molecule has 0 bridgehead atoms. The third-order valence-corrected chi connectivity index (χ3v) is 2.11. The van der Waals surface area contributed by atoms with Crippen LogP contribution in [0.25, 0.3) is 0 Å². The Hall–Kier alpha value is -0.240. The lowest BCUT2D eigenvalue weighted by molar-refractivity contribution is -0.291. The van der Waals surface area contributed by atoms with Crippen molar-refractivity contribution in [3.05, 3.63) is 0 Å². The molecule has 0 radical (unpaired) electrons. The molecule has 0 saturated carbocycles.